The molecular weight excluding hydrogens is 307 g/mol. The molecule has 1 fully saturated rings. The SMILES string of the molecule is O=S(=O)(Cl)c1cc(Cl)ccc1OC1CCCCCC1. The number of hydrogen-bond acceptors (Lipinski definition) is 3. The molecule has 0 N–H and O–H groups in total. The van der Waals surface area contributed by atoms with E-state index in [9.17, 15) is 8.42 Å². The summed E-state index contributed by atoms with van der Waals surface area (Å²) in [7, 11) is 1.57. The smallest absolute Gasteiger partial charge is 0.265 e. The molecule has 1 saturated carbocycles. The summed E-state index contributed by atoms with van der Waals surface area (Å²) in [5.74, 6) is 0.298. The van der Waals surface area contributed by atoms with Gasteiger partial charge in [-0.2, -0.15) is 0 Å². The van der Waals surface area contributed by atoms with Crippen LogP contribution in [0.2, 0.25) is 5.02 Å². The van der Waals surface area contributed by atoms with Crippen molar-refractivity contribution in [1.29, 1.82) is 0 Å². The van der Waals surface area contributed by atoms with Gasteiger partial charge in [0.05, 0.1) is 6.10 Å². The Hall–Kier alpha value is -0.450. The zero-order valence-corrected chi connectivity index (χ0v) is 12.8. The maximum absolute atomic E-state index is 11.5. The third-order valence-corrected chi connectivity index (χ3v) is 4.84. The fraction of sp³-hybridized carbons (Fsp3) is 0.538. The zero-order chi connectivity index (χ0) is 13.9. The summed E-state index contributed by atoms with van der Waals surface area (Å²) in [6, 6.07) is 4.51. The molecule has 0 saturated heterocycles. The molecule has 0 heterocycles. The van der Waals surface area contributed by atoms with Crippen molar-refractivity contribution < 1.29 is 13.2 Å². The van der Waals surface area contributed by atoms with Crippen LogP contribution in [0, 0.1) is 0 Å². The molecule has 0 spiro atoms. The molecule has 0 aliphatic heterocycles. The molecule has 0 amide bonds. The predicted molar refractivity (Wildman–Crippen MR) is 76.6 cm³/mol. The van der Waals surface area contributed by atoms with E-state index in [1.54, 1.807) is 12.1 Å². The Morgan fingerprint density at radius 1 is 1.11 bits per heavy atom. The summed E-state index contributed by atoms with van der Waals surface area (Å²) in [6.45, 7) is 0. The van der Waals surface area contributed by atoms with Gasteiger partial charge in [-0.15, -0.1) is 0 Å². The van der Waals surface area contributed by atoms with Crippen LogP contribution in [0.3, 0.4) is 0 Å². The first-order chi connectivity index (χ1) is 8.97. The predicted octanol–water partition coefficient (Wildman–Crippen LogP) is 4.37. The van der Waals surface area contributed by atoms with Crippen LogP contribution in [-0.2, 0) is 9.05 Å². The first kappa shape index (κ1) is 14.9. The Morgan fingerprint density at radius 2 is 1.74 bits per heavy atom. The van der Waals surface area contributed by atoms with E-state index in [2.05, 4.69) is 0 Å². The van der Waals surface area contributed by atoms with E-state index in [1.165, 1.54) is 18.9 Å². The highest BCUT2D eigenvalue weighted by Gasteiger charge is 2.21. The van der Waals surface area contributed by atoms with Gasteiger partial charge in [0.2, 0.25) is 0 Å². The van der Waals surface area contributed by atoms with E-state index in [0.717, 1.165) is 25.7 Å². The molecule has 2 rings (SSSR count). The van der Waals surface area contributed by atoms with Crippen molar-refractivity contribution in [3.8, 4) is 5.75 Å². The Balaban J connectivity index is 2.24. The Bertz CT molecular complexity index is 535. The number of halogens is 2. The van der Waals surface area contributed by atoms with Crippen molar-refractivity contribution >= 4 is 31.3 Å². The van der Waals surface area contributed by atoms with Gasteiger partial charge in [0.1, 0.15) is 10.6 Å². The van der Waals surface area contributed by atoms with Crippen molar-refractivity contribution in [3.05, 3.63) is 23.2 Å². The number of benzene rings is 1. The highest BCUT2D eigenvalue weighted by molar-refractivity contribution is 8.13. The molecule has 1 aromatic rings. The van der Waals surface area contributed by atoms with E-state index in [-0.39, 0.29) is 11.0 Å². The highest BCUT2D eigenvalue weighted by atomic mass is 35.7. The molecule has 0 radical (unpaired) electrons. The first-order valence-corrected chi connectivity index (χ1v) is 9.06. The Labute approximate surface area is 123 Å². The van der Waals surface area contributed by atoms with Gasteiger partial charge >= 0.3 is 0 Å². The molecule has 1 aliphatic carbocycles. The van der Waals surface area contributed by atoms with E-state index in [1.807, 2.05) is 0 Å². The average Bonchev–Trinajstić information content (AvgIpc) is 2.59. The molecule has 0 atom stereocenters. The second kappa shape index (κ2) is 6.33. The van der Waals surface area contributed by atoms with Crippen molar-refractivity contribution in [1.82, 2.24) is 0 Å². The normalized spacial score (nSPS) is 18.0. The monoisotopic (exact) mass is 322 g/mol. The number of hydrogen-bond donors (Lipinski definition) is 0. The molecule has 6 heteroatoms. The largest absolute Gasteiger partial charge is 0.489 e. The standard InChI is InChI=1S/C13H16Cl2O3S/c14-10-7-8-12(13(9-10)19(15,16)17)18-11-5-3-1-2-4-6-11/h7-9,11H,1-6H2. The van der Waals surface area contributed by atoms with E-state index in [0.29, 0.717) is 10.8 Å². The van der Waals surface area contributed by atoms with Gasteiger partial charge in [-0.25, -0.2) is 8.42 Å². The van der Waals surface area contributed by atoms with Gasteiger partial charge in [0.25, 0.3) is 9.05 Å². The second-order valence-corrected chi connectivity index (χ2v) is 7.73. The summed E-state index contributed by atoms with van der Waals surface area (Å²) in [6.07, 6.45) is 6.60. The van der Waals surface area contributed by atoms with Crippen LogP contribution in [0.1, 0.15) is 38.5 Å². The Kier molecular flexibility index (Phi) is 4.98. The minimum absolute atomic E-state index is 0.0501. The molecular formula is C13H16Cl2O3S. The van der Waals surface area contributed by atoms with Crippen molar-refractivity contribution in [2.24, 2.45) is 0 Å². The maximum Gasteiger partial charge on any atom is 0.265 e. The molecule has 0 unspecified atom stereocenters. The van der Waals surface area contributed by atoms with Crippen LogP contribution in [0.15, 0.2) is 23.1 Å². The van der Waals surface area contributed by atoms with E-state index in [4.69, 9.17) is 27.0 Å². The lowest BCUT2D eigenvalue weighted by Crippen LogP contribution is -2.16. The Morgan fingerprint density at radius 3 is 2.32 bits per heavy atom. The van der Waals surface area contributed by atoms with E-state index < -0.39 is 9.05 Å². The fourth-order valence-electron chi connectivity index (χ4n) is 2.31. The third kappa shape index (κ3) is 4.26. The van der Waals surface area contributed by atoms with Crippen LogP contribution < -0.4 is 4.74 Å². The lowest BCUT2D eigenvalue weighted by atomic mass is 10.1. The summed E-state index contributed by atoms with van der Waals surface area (Å²) in [5.41, 5.74) is 0. The molecule has 106 valence electrons. The van der Waals surface area contributed by atoms with Crippen LogP contribution in [-0.4, -0.2) is 14.5 Å². The lowest BCUT2D eigenvalue weighted by molar-refractivity contribution is 0.179. The summed E-state index contributed by atoms with van der Waals surface area (Å²) in [5, 5.41) is 0.326. The van der Waals surface area contributed by atoms with E-state index >= 15 is 0 Å². The molecule has 0 aromatic heterocycles. The summed E-state index contributed by atoms with van der Waals surface area (Å²) >= 11 is 5.81. The first-order valence-electron chi connectivity index (χ1n) is 6.38. The van der Waals surface area contributed by atoms with Gasteiger partial charge in [0, 0.05) is 15.7 Å². The lowest BCUT2D eigenvalue weighted by Gasteiger charge is -2.18. The topological polar surface area (TPSA) is 43.4 Å². The van der Waals surface area contributed by atoms with Gasteiger partial charge in [-0.1, -0.05) is 24.4 Å². The quantitative estimate of drug-likeness (QED) is 0.613. The third-order valence-electron chi connectivity index (χ3n) is 3.26. The zero-order valence-electron chi connectivity index (χ0n) is 10.4. The number of rotatable bonds is 3. The molecule has 19 heavy (non-hydrogen) atoms. The number of ether oxygens (including phenoxy) is 1. The van der Waals surface area contributed by atoms with Gasteiger partial charge in [-0.3, -0.25) is 0 Å². The van der Waals surface area contributed by atoms with Crippen LogP contribution >= 0.6 is 22.3 Å². The van der Waals surface area contributed by atoms with Crippen LogP contribution in [0.5, 0.6) is 5.75 Å². The summed E-state index contributed by atoms with van der Waals surface area (Å²) < 4.78 is 28.9. The van der Waals surface area contributed by atoms with Crippen LogP contribution in [0.25, 0.3) is 0 Å². The van der Waals surface area contributed by atoms with Gasteiger partial charge in [-0.05, 0) is 43.9 Å². The minimum Gasteiger partial charge on any atom is -0.489 e. The fourth-order valence-corrected chi connectivity index (χ4v) is 3.53. The summed E-state index contributed by atoms with van der Waals surface area (Å²) in [4.78, 5) is -0.0501. The average molecular weight is 323 g/mol. The highest BCUT2D eigenvalue weighted by Crippen LogP contribution is 2.32. The van der Waals surface area contributed by atoms with Gasteiger partial charge < -0.3 is 4.74 Å². The van der Waals surface area contributed by atoms with Crippen molar-refractivity contribution in [2.45, 2.75) is 49.5 Å². The molecule has 1 aromatic carbocycles. The minimum atomic E-state index is -3.85. The van der Waals surface area contributed by atoms with Gasteiger partial charge in [0.15, 0.2) is 0 Å². The van der Waals surface area contributed by atoms with Crippen molar-refractivity contribution in [2.75, 3.05) is 0 Å². The maximum atomic E-state index is 11.5. The molecule has 1 aliphatic rings. The molecule has 0 bridgehead atoms. The molecule has 3 nitrogen and oxygen atoms in total. The van der Waals surface area contributed by atoms with Crippen molar-refractivity contribution in [3.63, 3.8) is 0 Å². The second-order valence-electron chi connectivity index (χ2n) is 4.76. The van der Waals surface area contributed by atoms with Crippen LogP contribution in [0.4, 0.5) is 0 Å².